The molecule has 1 amide bonds. The molecule has 2 aliphatic heterocycles. The summed E-state index contributed by atoms with van der Waals surface area (Å²) in [5.41, 5.74) is 2.56. The van der Waals surface area contributed by atoms with Crippen molar-refractivity contribution in [3.63, 3.8) is 0 Å². The monoisotopic (exact) mass is 505 g/mol. The molecular formula is C30H36FN3O3. The minimum absolute atomic E-state index is 0.0574. The Morgan fingerprint density at radius 1 is 1.27 bits per heavy atom. The quantitative estimate of drug-likeness (QED) is 0.384. The lowest BCUT2D eigenvalue weighted by atomic mass is 10.0. The zero-order valence-electron chi connectivity index (χ0n) is 22.3. The largest absolute Gasteiger partial charge is 0.491 e. The number of amides is 1. The van der Waals surface area contributed by atoms with Crippen molar-refractivity contribution in [2.45, 2.75) is 58.9 Å². The van der Waals surface area contributed by atoms with Crippen LogP contribution >= 0.6 is 0 Å². The second-order valence-electron chi connectivity index (χ2n) is 9.58. The fourth-order valence-electron chi connectivity index (χ4n) is 4.88. The lowest BCUT2D eigenvalue weighted by molar-refractivity contribution is -0.125. The van der Waals surface area contributed by atoms with Crippen LogP contribution in [-0.4, -0.2) is 47.7 Å². The molecule has 1 fully saturated rings. The van der Waals surface area contributed by atoms with Crippen LogP contribution in [0.15, 0.2) is 64.4 Å². The third-order valence-electron chi connectivity index (χ3n) is 7.09. The number of likely N-dealkylation sites (tertiary alicyclic amines) is 1. The lowest BCUT2D eigenvalue weighted by Crippen LogP contribution is -2.43. The fraction of sp³-hybridized carbons (Fsp3) is 0.400. The van der Waals surface area contributed by atoms with Crippen LogP contribution in [0.1, 0.15) is 64.2 Å². The Morgan fingerprint density at radius 3 is 2.78 bits per heavy atom. The van der Waals surface area contributed by atoms with E-state index in [4.69, 9.17) is 14.1 Å². The van der Waals surface area contributed by atoms with Gasteiger partial charge in [-0.15, -0.1) is 0 Å². The van der Waals surface area contributed by atoms with Gasteiger partial charge in [-0.1, -0.05) is 32.9 Å². The number of hydrogen-bond donors (Lipinski definition) is 0. The van der Waals surface area contributed by atoms with Crippen LogP contribution in [0.5, 0.6) is 0 Å². The zero-order chi connectivity index (χ0) is 26.7. The molecule has 3 heterocycles. The minimum Gasteiger partial charge on any atom is -0.491 e. The molecule has 1 atom stereocenters. The number of allylic oxidation sites excluding steroid dienone is 3. The number of aliphatic imine (C=N–C) groups is 1. The summed E-state index contributed by atoms with van der Waals surface area (Å²) in [6, 6.07) is 5.12. The van der Waals surface area contributed by atoms with Crippen molar-refractivity contribution < 1.29 is 18.3 Å². The zero-order valence-corrected chi connectivity index (χ0v) is 22.3. The first-order valence-electron chi connectivity index (χ1n) is 13.0. The van der Waals surface area contributed by atoms with E-state index in [1.807, 2.05) is 36.8 Å². The summed E-state index contributed by atoms with van der Waals surface area (Å²) in [7, 11) is 1.90. The van der Waals surface area contributed by atoms with Gasteiger partial charge in [0.15, 0.2) is 11.5 Å². The van der Waals surface area contributed by atoms with E-state index in [0.717, 1.165) is 44.3 Å². The molecule has 6 nitrogen and oxygen atoms in total. The number of carbonyl (C=O) groups is 1. The van der Waals surface area contributed by atoms with E-state index in [9.17, 15) is 4.79 Å². The van der Waals surface area contributed by atoms with Crippen LogP contribution in [0.25, 0.3) is 22.3 Å². The van der Waals surface area contributed by atoms with Crippen molar-refractivity contribution in [2.24, 2.45) is 4.99 Å². The number of halogens is 1. The molecule has 2 aromatic rings. The third-order valence-corrected chi connectivity index (χ3v) is 7.09. The maximum Gasteiger partial charge on any atom is 0.272 e. The van der Waals surface area contributed by atoms with Gasteiger partial charge < -0.3 is 19.0 Å². The molecule has 0 radical (unpaired) electrons. The highest BCUT2D eigenvalue weighted by atomic mass is 19.1. The molecule has 4 rings (SSSR count). The molecule has 7 heteroatoms. The van der Waals surface area contributed by atoms with Crippen molar-refractivity contribution in [1.29, 1.82) is 0 Å². The average molecular weight is 506 g/mol. The van der Waals surface area contributed by atoms with Gasteiger partial charge in [-0.3, -0.25) is 4.79 Å². The van der Waals surface area contributed by atoms with Gasteiger partial charge in [0.05, 0.1) is 12.0 Å². The second kappa shape index (κ2) is 11.2. The SMILES string of the molecule is C=C(OCC)c1cc2c(F)c(C(=C)/C=C3/N=C(C(=O)N4CCCCCC4C)C=C(CC)N3C)ccc2o1. The third kappa shape index (κ3) is 5.41. The van der Waals surface area contributed by atoms with E-state index in [-0.39, 0.29) is 11.9 Å². The number of ether oxygens (including phenoxy) is 1. The summed E-state index contributed by atoms with van der Waals surface area (Å²) in [4.78, 5) is 22.1. The fourth-order valence-corrected chi connectivity index (χ4v) is 4.88. The first-order valence-corrected chi connectivity index (χ1v) is 13.0. The van der Waals surface area contributed by atoms with Crippen LogP contribution in [0.3, 0.4) is 0 Å². The molecule has 0 N–H and O–H groups in total. The molecule has 1 aromatic heterocycles. The van der Waals surface area contributed by atoms with E-state index < -0.39 is 5.82 Å². The highest BCUT2D eigenvalue weighted by Crippen LogP contribution is 2.32. The lowest BCUT2D eigenvalue weighted by Gasteiger charge is -2.31. The van der Waals surface area contributed by atoms with Crippen molar-refractivity contribution >= 4 is 33.9 Å². The van der Waals surface area contributed by atoms with Gasteiger partial charge in [0.2, 0.25) is 0 Å². The topological polar surface area (TPSA) is 58.3 Å². The molecule has 2 aliphatic rings. The predicted octanol–water partition coefficient (Wildman–Crippen LogP) is 6.91. The van der Waals surface area contributed by atoms with E-state index in [0.29, 0.717) is 51.8 Å². The van der Waals surface area contributed by atoms with Crippen molar-refractivity contribution in [1.82, 2.24) is 9.80 Å². The van der Waals surface area contributed by atoms with E-state index in [1.54, 1.807) is 24.3 Å². The van der Waals surface area contributed by atoms with Gasteiger partial charge in [-0.2, -0.15) is 0 Å². The molecule has 1 saturated heterocycles. The predicted molar refractivity (Wildman–Crippen MR) is 147 cm³/mol. The standard InChI is InChI=1S/C30H36FN3O3/c1-7-22-17-25(30(35)34-15-11-9-10-12-20(34)4)32-28(33(22)6)16-19(3)23-13-14-26-24(29(23)31)18-27(37-26)21(5)36-8-2/h13-14,16-18,20H,3,5,7-12,15H2,1-2,4,6H3/b28-16-. The average Bonchev–Trinajstić information content (AvgIpc) is 3.21. The van der Waals surface area contributed by atoms with Gasteiger partial charge in [-0.05, 0) is 69.0 Å². The van der Waals surface area contributed by atoms with Gasteiger partial charge in [0.25, 0.3) is 5.91 Å². The van der Waals surface area contributed by atoms with Gasteiger partial charge in [0, 0.05) is 30.9 Å². The van der Waals surface area contributed by atoms with Gasteiger partial charge >= 0.3 is 0 Å². The molecule has 0 aliphatic carbocycles. The van der Waals surface area contributed by atoms with Crippen LogP contribution in [0.2, 0.25) is 0 Å². The Morgan fingerprint density at radius 2 is 2.05 bits per heavy atom. The van der Waals surface area contributed by atoms with Crippen molar-refractivity contribution in [3.05, 3.63) is 72.2 Å². The Balaban J connectivity index is 1.67. The molecule has 37 heavy (non-hydrogen) atoms. The smallest absolute Gasteiger partial charge is 0.272 e. The molecule has 0 spiro atoms. The maximum absolute atomic E-state index is 15.6. The first-order chi connectivity index (χ1) is 17.7. The highest BCUT2D eigenvalue weighted by molar-refractivity contribution is 6.43. The Kier molecular flexibility index (Phi) is 8.00. The number of rotatable bonds is 7. The highest BCUT2D eigenvalue weighted by Gasteiger charge is 2.28. The summed E-state index contributed by atoms with van der Waals surface area (Å²) in [5.74, 6) is 0.790. The van der Waals surface area contributed by atoms with Crippen LogP contribution < -0.4 is 0 Å². The Bertz CT molecular complexity index is 1320. The van der Waals surface area contributed by atoms with Crippen LogP contribution in [0, 0.1) is 5.82 Å². The summed E-state index contributed by atoms with van der Waals surface area (Å²) in [6.45, 7) is 15.1. The normalized spacial score (nSPS) is 19.5. The summed E-state index contributed by atoms with van der Waals surface area (Å²) in [6.07, 6.45) is 8.59. The molecule has 0 saturated carbocycles. The van der Waals surface area contributed by atoms with Gasteiger partial charge in [0.1, 0.15) is 22.9 Å². The molecule has 0 bridgehead atoms. The number of fused-ring (bicyclic) bond motifs is 1. The van der Waals surface area contributed by atoms with E-state index in [2.05, 4.69) is 20.1 Å². The van der Waals surface area contributed by atoms with Crippen LogP contribution in [-0.2, 0) is 9.53 Å². The number of nitrogens with zero attached hydrogens (tertiary/aromatic N) is 3. The molecule has 196 valence electrons. The Hall–Kier alpha value is -3.61. The number of hydrogen-bond acceptors (Lipinski definition) is 5. The second-order valence-corrected chi connectivity index (χ2v) is 9.58. The number of benzene rings is 1. The molecular weight excluding hydrogens is 469 g/mol. The minimum atomic E-state index is -0.443. The van der Waals surface area contributed by atoms with E-state index in [1.165, 1.54) is 0 Å². The summed E-state index contributed by atoms with van der Waals surface area (Å²) >= 11 is 0. The molecule has 1 aromatic carbocycles. The number of furan rings is 1. The van der Waals surface area contributed by atoms with Crippen LogP contribution in [0.4, 0.5) is 4.39 Å². The first kappa shape index (κ1) is 26.5. The van der Waals surface area contributed by atoms with E-state index >= 15 is 4.39 Å². The van der Waals surface area contributed by atoms with Crippen molar-refractivity contribution in [3.8, 4) is 0 Å². The Labute approximate surface area is 218 Å². The molecule has 1 unspecified atom stereocenters. The number of carbonyl (C=O) groups excluding carboxylic acids is 1. The van der Waals surface area contributed by atoms with Gasteiger partial charge in [-0.25, -0.2) is 9.38 Å². The maximum atomic E-state index is 15.6. The summed E-state index contributed by atoms with van der Waals surface area (Å²) in [5, 5.41) is 0.327. The van der Waals surface area contributed by atoms with Crippen molar-refractivity contribution in [2.75, 3.05) is 20.2 Å². The summed E-state index contributed by atoms with van der Waals surface area (Å²) < 4.78 is 26.7.